The number of nitrogens with zero attached hydrogens (tertiary/aromatic N) is 1. The van der Waals surface area contributed by atoms with Crippen molar-refractivity contribution in [2.45, 2.75) is 6.92 Å². The third-order valence-corrected chi connectivity index (χ3v) is 3.55. The summed E-state index contributed by atoms with van der Waals surface area (Å²) in [5, 5.41) is 12.6. The summed E-state index contributed by atoms with van der Waals surface area (Å²) in [4.78, 5) is 15.9. The highest BCUT2D eigenvalue weighted by Crippen LogP contribution is 2.24. The van der Waals surface area contributed by atoms with Crippen molar-refractivity contribution >= 4 is 38.3 Å². The summed E-state index contributed by atoms with van der Waals surface area (Å²) in [6, 6.07) is 4.70. The molecule has 17 heavy (non-hydrogen) atoms. The average Bonchev–Trinajstić information content (AvgIpc) is 2.68. The number of carbonyl (C=O) groups is 1. The van der Waals surface area contributed by atoms with Crippen LogP contribution in [0.2, 0.25) is 0 Å². The second kappa shape index (κ2) is 4.85. The van der Waals surface area contributed by atoms with Crippen LogP contribution in [0.5, 0.6) is 5.75 Å². The molecule has 4 nitrogen and oxygen atoms in total. The maximum absolute atomic E-state index is 11.8. The van der Waals surface area contributed by atoms with E-state index in [1.165, 1.54) is 17.4 Å². The summed E-state index contributed by atoms with van der Waals surface area (Å²) in [7, 11) is 0. The minimum Gasteiger partial charge on any atom is -0.508 e. The molecule has 2 rings (SSSR count). The highest BCUT2D eigenvalue weighted by molar-refractivity contribution is 9.11. The van der Waals surface area contributed by atoms with Gasteiger partial charge in [0.15, 0.2) is 5.13 Å². The van der Waals surface area contributed by atoms with Crippen molar-refractivity contribution in [1.29, 1.82) is 0 Å². The summed E-state index contributed by atoms with van der Waals surface area (Å²) >= 11 is 4.61. The normalized spacial score (nSPS) is 10.2. The molecule has 2 aromatic rings. The number of thiazole rings is 1. The Morgan fingerprint density at radius 2 is 2.29 bits per heavy atom. The first-order valence-corrected chi connectivity index (χ1v) is 6.39. The Bertz CT molecular complexity index is 568. The Kier molecular flexibility index (Phi) is 3.44. The number of hydrogen-bond acceptors (Lipinski definition) is 4. The van der Waals surface area contributed by atoms with Crippen LogP contribution < -0.4 is 5.32 Å². The van der Waals surface area contributed by atoms with E-state index >= 15 is 0 Å². The molecule has 0 aliphatic heterocycles. The zero-order valence-corrected chi connectivity index (χ0v) is 11.3. The van der Waals surface area contributed by atoms with Crippen molar-refractivity contribution in [2.24, 2.45) is 0 Å². The van der Waals surface area contributed by atoms with Gasteiger partial charge in [-0.15, -0.1) is 0 Å². The van der Waals surface area contributed by atoms with Crippen LogP contribution in [-0.2, 0) is 0 Å². The fourth-order valence-corrected chi connectivity index (χ4v) is 2.38. The van der Waals surface area contributed by atoms with Crippen LogP contribution in [0.25, 0.3) is 0 Å². The Labute approximate surface area is 110 Å². The lowest BCUT2D eigenvalue weighted by Crippen LogP contribution is -2.11. The zero-order valence-electron chi connectivity index (χ0n) is 8.90. The van der Waals surface area contributed by atoms with Gasteiger partial charge in [-0.3, -0.25) is 10.1 Å². The summed E-state index contributed by atoms with van der Waals surface area (Å²) < 4.78 is 0.856. The lowest BCUT2D eigenvalue weighted by molar-refractivity contribution is 0.102. The first-order chi connectivity index (χ1) is 8.06. The van der Waals surface area contributed by atoms with Crippen LogP contribution >= 0.6 is 27.3 Å². The number of aryl methyl sites for hydroxylation is 1. The van der Waals surface area contributed by atoms with Gasteiger partial charge in [-0.25, -0.2) is 4.98 Å². The molecular formula is C11H9BrN2O2S. The van der Waals surface area contributed by atoms with Crippen LogP contribution in [0.15, 0.2) is 28.2 Å². The standard InChI is InChI=1S/C11H9BrN2O2S/c1-6-4-7(2-3-8(6)15)10(16)14-11-13-5-9(12)17-11/h2-5,15H,1H3,(H,13,14,16). The largest absolute Gasteiger partial charge is 0.508 e. The number of carbonyl (C=O) groups excluding carboxylic acids is 1. The molecular weight excluding hydrogens is 304 g/mol. The van der Waals surface area contributed by atoms with Crippen molar-refractivity contribution in [3.05, 3.63) is 39.3 Å². The molecule has 0 aliphatic rings. The number of benzene rings is 1. The van der Waals surface area contributed by atoms with Gasteiger partial charge in [0.25, 0.3) is 5.91 Å². The van der Waals surface area contributed by atoms with E-state index in [4.69, 9.17) is 0 Å². The highest BCUT2D eigenvalue weighted by Gasteiger charge is 2.09. The van der Waals surface area contributed by atoms with Gasteiger partial charge in [-0.2, -0.15) is 0 Å². The molecule has 0 saturated heterocycles. The summed E-state index contributed by atoms with van der Waals surface area (Å²) in [6.07, 6.45) is 1.63. The summed E-state index contributed by atoms with van der Waals surface area (Å²) in [6.45, 7) is 1.74. The maximum atomic E-state index is 11.8. The van der Waals surface area contributed by atoms with Crippen LogP contribution in [0.3, 0.4) is 0 Å². The van der Waals surface area contributed by atoms with E-state index in [9.17, 15) is 9.90 Å². The number of halogens is 1. The average molecular weight is 313 g/mol. The van der Waals surface area contributed by atoms with E-state index in [-0.39, 0.29) is 11.7 Å². The SMILES string of the molecule is Cc1cc(C(=O)Nc2ncc(Br)s2)ccc1O. The van der Waals surface area contributed by atoms with Gasteiger partial charge in [0, 0.05) is 5.56 Å². The second-order valence-electron chi connectivity index (χ2n) is 3.42. The van der Waals surface area contributed by atoms with Crippen molar-refractivity contribution in [3.8, 4) is 5.75 Å². The molecule has 1 amide bonds. The van der Waals surface area contributed by atoms with Crippen LogP contribution in [0, 0.1) is 6.92 Å². The van der Waals surface area contributed by atoms with Crippen molar-refractivity contribution in [3.63, 3.8) is 0 Å². The molecule has 0 fully saturated rings. The van der Waals surface area contributed by atoms with Gasteiger partial charge in [0.05, 0.1) is 9.98 Å². The number of phenolic OH excluding ortho intramolecular Hbond substituents is 1. The molecule has 1 heterocycles. The van der Waals surface area contributed by atoms with Gasteiger partial charge >= 0.3 is 0 Å². The second-order valence-corrected chi connectivity index (χ2v) is 5.83. The van der Waals surface area contributed by atoms with Crippen LogP contribution in [0.1, 0.15) is 15.9 Å². The molecule has 0 radical (unpaired) electrons. The van der Waals surface area contributed by atoms with Crippen molar-refractivity contribution < 1.29 is 9.90 Å². The van der Waals surface area contributed by atoms with E-state index in [0.717, 1.165) is 3.79 Å². The Morgan fingerprint density at radius 3 is 2.88 bits per heavy atom. The predicted molar refractivity (Wildman–Crippen MR) is 70.6 cm³/mol. The lowest BCUT2D eigenvalue weighted by Gasteiger charge is -2.03. The molecule has 6 heteroatoms. The fraction of sp³-hybridized carbons (Fsp3) is 0.0909. The smallest absolute Gasteiger partial charge is 0.257 e. The number of hydrogen-bond donors (Lipinski definition) is 2. The van der Waals surface area contributed by atoms with Gasteiger partial charge in [-0.1, -0.05) is 11.3 Å². The quantitative estimate of drug-likeness (QED) is 0.895. The predicted octanol–water partition coefficient (Wildman–Crippen LogP) is 3.17. The minimum absolute atomic E-state index is 0.179. The maximum Gasteiger partial charge on any atom is 0.257 e. The van der Waals surface area contributed by atoms with E-state index in [1.807, 2.05) is 0 Å². The Balaban J connectivity index is 2.17. The van der Waals surface area contributed by atoms with Crippen molar-refractivity contribution in [2.75, 3.05) is 5.32 Å². The molecule has 0 saturated carbocycles. The molecule has 2 N–H and O–H groups in total. The highest BCUT2D eigenvalue weighted by atomic mass is 79.9. The first kappa shape index (κ1) is 12.1. The fourth-order valence-electron chi connectivity index (χ4n) is 1.28. The van der Waals surface area contributed by atoms with E-state index in [2.05, 4.69) is 26.2 Å². The third kappa shape index (κ3) is 2.83. The molecule has 0 spiro atoms. The zero-order chi connectivity index (χ0) is 12.4. The lowest BCUT2D eigenvalue weighted by atomic mass is 10.1. The molecule has 0 bridgehead atoms. The van der Waals surface area contributed by atoms with E-state index in [1.54, 1.807) is 25.3 Å². The van der Waals surface area contributed by atoms with Gasteiger partial charge in [0.1, 0.15) is 5.75 Å². The van der Waals surface area contributed by atoms with E-state index in [0.29, 0.717) is 16.3 Å². The van der Waals surface area contributed by atoms with Gasteiger partial charge in [0.2, 0.25) is 0 Å². The van der Waals surface area contributed by atoms with Crippen molar-refractivity contribution in [1.82, 2.24) is 4.98 Å². The summed E-state index contributed by atoms with van der Waals surface area (Å²) in [5.41, 5.74) is 1.16. The number of rotatable bonds is 2. The van der Waals surface area contributed by atoms with Crippen LogP contribution in [0.4, 0.5) is 5.13 Å². The number of amides is 1. The first-order valence-electron chi connectivity index (χ1n) is 4.78. The Hall–Kier alpha value is -1.40. The topological polar surface area (TPSA) is 62.2 Å². The minimum atomic E-state index is -0.241. The number of anilines is 1. The van der Waals surface area contributed by atoms with E-state index < -0.39 is 0 Å². The summed E-state index contributed by atoms with van der Waals surface area (Å²) in [5.74, 6) is -0.0616. The molecule has 1 aromatic heterocycles. The van der Waals surface area contributed by atoms with Crippen LogP contribution in [-0.4, -0.2) is 16.0 Å². The monoisotopic (exact) mass is 312 g/mol. The number of nitrogens with one attached hydrogen (secondary N) is 1. The molecule has 0 aliphatic carbocycles. The number of phenols is 1. The third-order valence-electron chi connectivity index (χ3n) is 2.16. The Morgan fingerprint density at radius 1 is 1.53 bits per heavy atom. The number of aromatic nitrogens is 1. The van der Waals surface area contributed by atoms with Gasteiger partial charge < -0.3 is 5.11 Å². The molecule has 0 atom stereocenters. The molecule has 88 valence electrons. The van der Waals surface area contributed by atoms with Gasteiger partial charge in [-0.05, 0) is 46.6 Å². The molecule has 1 aromatic carbocycles. The number of aromatic hydroxyl groups is 1. The molecule has 0 unspecified atom stereocenters.